The predicted octanol–water partition coefficient (Wildman–Crippen LogP) is 3.84. The van der Waals surface area contributed by atoms with Crippen molar-refractivity contribution < 1.29 is 23.1 Å². The molecule has 0 aliphatic carbocycles. The number of hydrogen-bond donors (Lipinski definition) is 2. The quantitative estimate of drug-likeness (QED) is 0.563. The van der Waals surface area contributed by atoms with Gasteiger partial charge in [-0.1, -0.05) is 12.1 Å². The summed E-state index contributed by atoms with van der Waals surface area (Å²) in [7, 11) is 0. The second kappa shape index (κ2) is 10.1. The van der Waals surface area contributed by atoms with Crippen molar-refractivity contribution in [2.24, 2.45) is 0 Å². The first-order valence-corrected chi connectivity index (χ1v) is 11.1. The largest absolute Gasteiger partial charge is 0.459 e. The first kappa shape index (κ1) is 22.2. The SMILES string of the molecule is Cc1cc(NC(=O)c2ccco2)sc1C(=O)NCC(c1ccc(F)cc1)N1CCOCC1. The number of hydrogen-bond acceptors (Lipinski definition) is 6. The summed E-state index contributed by atoms with van der Waals surface area (Å²) >= 11 is 1.21. The lowest BCUT2D eigenvalue weighted by molar-refractivity contribution is 0.0162. The maximum atomic E-state index is 13.4. The van der Waals surface area contributed by atoms with Crippen LogP contribution in [0.5, 0.6) is 0 Å². The minimum absolute atomic E-state index is 0.0955. The number of anilines is 1. The lowest BCUT2D eigenvalue weighted by Gasteiger charge is -2.35. The van der Waals surface area contributed by atoms with Crippen LogP contribution in [-0.2, 0) is 4.74 Å². The van der Waals surface area contributed by atoms with Crippen molar-refractivity contribution in [3.05, 3.63) is 76.3 Å². The molecule has 1 saturated heterocycles. The van der Waals surface area contributed by atoms with Crippen LogP contribution in [0.1, 0.15) is 37.4 Å². The van der Waals surface area contributed by atoms with Gasteiger partial charge in [-0.05, 0) is 48.4 Å². The minimum atomic E-state index is -0.369. The normalized spacial score (nSPS) is 15.3. The number of rotatable bonds is 7. The van der Waals surface area contributed by atoms with E-state index in [9.17, 15) is 14.0 Å². The van der Waals surface area contributed by atoms with E-state index >= 15 is 0 Å². The zero-order valence-electron chi connectivity index (χ0n) is 17.6. The summed E-state index contributed by atoms with van der Waals surface area (Å²) in [5, 5.41) is 6.33. The van der Waals surface area contributed by atoms with Gasteiger partial charge in [0.05, 0.1) is 35.4 Å². The number of halogens is 1. The van der Waals surface area contributed by atoms with Crippen LogP contribution in [0.25, 0.3) is 0 Å². The van der Waals surface area contributed by atoms with Crippen molar-refractivity contribution in [2.75, 3.05) is 38.2 Å². The molecular weight excluding hydrogens is 433 g/mol. The Morgan fingerprint density at radius 2 is 1.91 bits per heavy atom. The van der Waals surface area contributed by atoms with Crippen LogP contribution < -0.4 is 10.6 Å². The molecule has 1 fully saturated rings. The Labute approximate surface area is 189 Å². The summed E-state index contributed by atoms with van der Waals surface area (Å²) in [5.41, 5.74) is 1.70. The highest BCUT2D eigenvalue weighted by Crippen LogP contribution is 2.28. The number of nitrogens with zero attached hydrogens (tertiary/aromatic N) is 1. The van der Waals surface area contributed by atoms with Crippen LogP contribution in [0.15, 0.2) is 53.1 Å². The van der Waals surface area contributed by atoms with E-state index < -0.39 is 0 Å². The molecule has 1 aliphatic heterocycles. The Bertz CT molecular complexity index is 1060. The standard InChI is InChI=1S/C23H24FN3O4S/c1-15-13-20(26-22(28)19-3-2-10-31-19)32-21(15)23(29)25-14-18(27-8-11-30-12-9-27)16-4-6-17(24)7-5-16/h2-7,10,13,18H,8-9,11-12,14H2,1H3,(H,25,29)(H,26,28). The molecule has 0 saturated carbocycles. The molecule has 1 atom stereocenters. The molecular formula is C23H24FN3O4S. The highest BCUT2D eigenvalue weighted by Gasteiger charge is 2.24. The van der Waals surface area contributed by atoms with E-state index in [-0.39, 0.29) is 29.4 Å². The van der Waals surface area contributed by atoms with Crippen molar-refractivity contribution in [1.82, 2.24) is 10.2 Å². The molecule has 0 bridgehead atoms. The van der Waals surface area contributed by atoms with E-state index in [1.165, 1.54) is 29.7 Å². The smallest absolute Gasteiger partial charge is 0.291 e. The fraction of sp³-hybridized carbons (Fsp3) is 0.304. The van der Waals surface area contributed by atoms with Crippen molar-refractivity contribution in [3.63, 3.8) is 0 Å². The average molecular weight is 458 g/mol. The second-order valence-corrected chi connectivity index (χ2v) is 8.53. The summed E-state index contributed by atoms with van der Waals surface area (Å²) in [6.07, 6.45) is 1.43. The molecule has 32 heavy (non-hydrogen) atoms. The Balaban J connectivity index is 1.44. The van der Waals surface area contributed by atoms with E-state index in [0.717, 1.165) is 24.2 Å². The average Bonchev–Trinajstić information content (AvgIpc) is 3.46. The van der Waals surface area contributed by atoms with Crippen LogP contribution in [0, 0.1) is 12.7 Å². The molecule has 2 aromatic heterocycles. The fourth-order valence-electron chi connectivity index (χ4n) is 3.65. The molecule has 4 rings (SSSR count). The maximum Gasteiger partial charge on any atom is 0.291 e. The fourth-order valence-corrected chi connectivity index (χ4v) is 4.64. The van der Waals surface area contributed by atoms with E-state index in [0.29, 0.717) is 29.6 Å². The molecule has 0 radical (unpaired) electrons. The van der Waals surface area contributed by atoms with Crippen LogP contribution in [-0.4, -0.2) is 49.6 Å². The third-order valence-electron chi connectivity index (χ3n) is 5.30. The van der Waals surface area contributed by atoms with Crippen molar-refractivity contribution in [2.45, 2.75) is 13.0 Å². The number of benzene rings is 1. The Kier molecular flexibility index (Phi) is 6.99. The van der Waals surface area contributed by atoms with Gasteiger partial charge in [-0.3, -0.25) is 14.5 Å². The Hall–Kier alpha value is -3.01. The van der Waals surface area contributed by atoms with Gasteiger partial charge in [0, 0.05) is 19.6 Å². The summed E-state index contributed by atoms with van der Waals surface area (Å²) in [6.45, 7) is 4.91. The zero-order valence-corrected chi connectivity index (χ0v) is 18.4. The monoisotopic (exact) mass is 457 g/mol. The molecule has 7 nitrogen and oxygen atoms in total. The first-order chi connectivity index (χ1) is 15.5. The first-order valence-electron chi connectivity index (χ1n) is 10.3. The van der Waals surface area contributed by atoms with E-state index in [2.05, 4.69) is 15.5 Å². The van der Waals surface area contributed by atoms with Crippen LogP contribution in [0.4, 0.5) is 9.39 Å². The van der Waals surface area contributed by atoms with Crippen molar-refractivity contribution in [3.8, 4) is 0 Å². The van der Waals surface area contributed by atoms with Gasteiger partial charge in [0.15, 0.2) is 5.76 Å². The van der Waals surface area contributed by atoms with Gasteiger partial charge in [-0.25, -0.2) is 4.39 Å². The lowest BCUT2D eigenvalue weighted by atomic mass is 10.0. The number of nitrogens with one attached hydrogen (secondary N) is 2. The Morgan fingerprint density at radius 3 is 2.59 bits per heavy atom. The van der Waals surface area contributed by atoms with E-state index in [4.69, 9.17) is 9.15 Å². The number of aryl methyl sites for hydroxylation is 1. The van der Waals surface area contributed by atoms with Crippen LogP contribution in [0.2, 0.25) is 0 Å². The number of morpholine rings is 1. The third kappa shape index (κ3) is 5.24. The van der Waals surface area contributed by atoms with Gasteiger partial charge < -0.3 is 19.8 Å². The molecule has 3 aromatic rings. The molecule has 1 unspecified atom stereocenters. The number of thiophene rings is 1. The summed E-state index contributed by atoms with van der Waals surface area (Å²) in [5.74, 6) is -0.676. The minimum Gasteiger partial charge on any atom is -0.459 e. The van der Waals surface area contributed by atoms with Crippen LogP contribution in [0.3, 0.4) is 0 Å². The molecule has 2 N–H and O–H groups in total. The molecule has 1 aliphatic rings. The molecule has 9 heteroatoms. The topological polar surface area (TPSA) is 83.8 Å². The molecule has 1 aromatic carbocycles. The van der Waals surface area contributed by atoms with Gasteiger partial charge in [0.25, 0.3) is 11.8 Å². The van der Waals surface area contributed by atoms with Gasteiger partial charge in [0.1, 0.15) is 5.82 Å². The highest BCUT2D eigenvalue weighted by atomic mass is 32.1. The lowest BCUT2D eigenvalue weighted by Crippen LogP contribution is -2.43. The number of carbonyl (C=O) groups excluding carboxylic acids is 2. The summed E-state index contributed by atoms with van der Waals surface area (Å²) in [6, 6.07) is 11.2. The second-order valence-electron chi connectivity index (χ2n) is 7.48. The van der Waals surface area contributed by atoms with E-state index in [1.54, 1.807) is 30.3 Å². The van der Waals surface area contributed by atoms with Crippen LogP contribution >= 0.6 is 11.3 Å². The number of furan rings is 1. The summed E-state index contributed by atoms with van der Waals surface area (Å²) < 4.78 is 24.0. The van der Waals surface area contributed by atoms with Gasteiger partial charge in [0.2, 0.25) is 0 Å². The molecule has 0 spiro atoms. The maximum absolute atomic E-state index is 13.4. The Morgan fingerprint density at radius 1 is 1.16 bits per heavy atom. The van der Waals surface area contributed by atoms with Gasteiger partial charge in [-0.2, -0.15) is 0 Å². The third-order valence-corrected chi connectivity index (χ3v) is 6.45. The van der Waals surface area contributed by atoms with E-state index in [1.807, 2.05) is 6.92 Å². The molecule has 168 valence electrons. The van der Waals surface area contributed by atoms with Gasteiger partial charge in [-0.15, -0.1) is 11.3 Å². The number of ether oxygens (including phenoxy) is 1. The number of amides is 2. The summed E-state index contributed by atoms with van der Waals surface area (Å²) in [4.78, 5) is 27.9. The highest BCUT2D eigenvalue weighted by molar-refractivity contribution is 7.18. The van der Waals surface area contributed by atoms with Gasteiger partial charge >= 0.3 is 0 Å². The molecule has 2 amide bonds. The van der Waals surface area contributed by atoms with Crippen molar-refractivity contribution >= 4 is 28.2 Å². The van der Waals surface area contributed by atoms with Crippen molar-refractivity contribution in [1.29, 1.82) is 0 Å². The zero-order chi connectivity index (χ0) is 22.5. The molecule has 3 heterocycles. The number of carbonyl (C=O) groups is 2. The predicted molar refractivity (Wildman–Crippen MR) is 120 cm³/mol.